The molecule has 2 aromatic heterocycles. The van der Waals surface area contributed by atoms with E-state index < -0.39 is 17.6 Å². The van der Waals surface area contributed by atoms with Gasteiger partial charge in [-0.3, -0.25) is 9.48 Å². The molecule has 1 N–H and O–H groups in total. The van der Waals surface area contributed by atoms with E-state index in [9.17, 15) is 18.0 Å². The van der Waals surface area contributed by atoms with Crippen LogP contribution in [0.3, 0.4) is 0 Å². The van der Waals surface area contributed by atoms with Crippen molar-refractivity contribution >= 4 is 11.7 Å². The number of amides is 1. The summed E-state index contributed by atoms with van der Waals surface area (Å²) in [6, 6.07) is 6.59. The van der Waals surface area contributed by atoms with E-state index in [2.05, 4.69) is 20.6 Å². The molecule has 0 aliphatic heterocycles. The summed E-state index contributed by atoms with van der Waals surface area (Å²) in [5, 5.41) is 14.3. The molecule has 3 rings (SSSR count). The van der Waals surface area contributed by atoms with Gasteiger partial charge in [0.2, 0.25) is 5.91 Å². The number of hydrogen-bond donors (Lipinski definition) is 1. The summed E-state index contributed by atoms with van der Waals surface area (Å²) in [5.41, 5.74) is -0.674. The lowest BCUT2D eigenvalue weighted by molar-refractivity contribution is -0.137. The fourth-order valence-electron chi connectivity index (χ4n) is 2.28. The maximum Gasteiger partial charge on any atom is 0.417 e. The number of carbonyl (C=O) groups is 1. The Bertz CT molecular complexity index is 899. The van der Waals surface area contributed by atoms with Crippen LogP contribution < -0.4 is 5.32 Å². The van der Waals surface area contributed by atoms with E-state index in [1.54, 1.807) is 7.05 Å². The molecule has 130 valence electrons. The molecule has 10 heteroatoms. The molecule has 7 nitrogen and oxygen atoms in total. The molecule has 0 aliphatic rings. The molecule has 0 saturated heterocycles. The minimum Gasteiger partial charge on any atom is -0.306 e. The molecule has 3 aromatic rings. The van der Waals surface area contributed by atoms with Crippen molar-refractivity contribution in [3.63, 3.8) is 0 Å². The summed E-state index contributed by atoms with van der Waals surface area (Å²) < 4.78 is 40.5. The maximum absolute atomic E-state index is 13.1. The van der Waals surface area contributed by atoms with Crippen LogP contribution in [0.1, 0.15) is 5.56 Å². The van der Waals surface area contributed by atoms with Crippen LogP contribution in [0.5, 0.6) is 0 Å². The van der Waals surface area contributed by atoms with Crippen LogP contribution >= 0.6 is 0 Å². The molecule has 0 spiro atoms. The van der Waals surface area contributed by atoms with Crippen molar-refractivity contribution in [1.82, 2.24) is 24.8 Å². The number of aromatic nitrogens is 5. The summed E-state index contributed by atoms with van der Waals surface area (Å²) in [6.07, 6.45) is -1.66. The first kappa shape index (κ1) is 16.7. The first-order chi connectivity index (χ1) is 11.8. The summed E-state index contributed by atoms with van der Waals surface area (Å²) in [6.45, 7) is -0.162. The van der Waals surface area contributed by atoms with Gasteiger partial charge in [-0.2, -0.15) is 28.2 Å². The molecule has 0 saturated carbocycles. The number of anilines is 1. The molecule has 0 fully saturated rings. The Morgan fingerprint density at radius 3 is 2.64 bits per heavy atom. The minimum absolute atomic E-state index is 0.0388. The van der Waals surface area contributed by atoms with E-state index in [1.807, 2.05) is 0 Å². The lowest BCUT2D eigenvalue weighted by Crippen LogP contribution is -2.19. The highest BCUT2D eigenvalue weighted by molar-refractivity contribution is 5.89. The average Bonchev–Trinajstić information content (AvgIpc) is 3.15. The number of aryl methyl sites for hydroxylation is 1. The van der Waals surface area contributed by atoms with Crippen molar-refractivity contribution in [2.45, 2.75) is 12.7 Å². The van der Waals surface area contributed by atoms with Crippen molar-refractivity contribution in [2.75, 3.05) is 5.32 Å². The quantitative estimate of drug-likeness (QED) is 0.783. The highest BCUT2D eigenvalue weighted by Crippen LogP contribution is 2.36. The van der Waals surface area contributed by atoms with Crippen LogP contribution in [0.4, 0.5) is 19.0 Å². The fraction of sp³-hybridized carbons (Fsp3) is 0.200. The number of rotatable bonds is 4. The topological polar surface area (TPSA) is 77.6 Å². The van der Waals surface area contributed by atoms with Gasteiger partial charge in [0.15, 0.2) is 5.82 Å². The maximum atomic E-state index is 13.1. The van der Waals surface area contributed by atoms with Crippen molar-refractivity contribution in [3.05, 3.63) is 48.3 Å². The van der Waals surface area contributed by atoms with Crippen LogP contribution in [-0.4, -0.2) is 30.7 Å². The first-order valence-electron chi connectivity index (χ1n) is 7.19. The second-order valence-corrected chi connectivity index (χ2v) is 5.21. The van der Waals surface area contributed by atoms with Gasteiger partial charge in [-0.25, -0.2) is 0 Å². The second-order valence-electron chi connectivity index (χ2n) is 5.21. The Morgan fingerprint density at radius 1 is 1.20 bits per heavy atom. The van der Waals surface area contributed by atoms with Gasteiger partial charge in [0.1, 0.15) is 6.54 Å². The summed E-state index contributed by atoms with van der Waals surface area (Å²) in [5.74, 6) is -0.137. The Kier molecular flexibility index (Phi) is 4.26. The van der Waals surface area contributed by atoms with E-state index in [-0.39, 0.29) is 23.6 Å². The zero-order valence-electron chi connectivity index (χ0n) is 13.0. The van der Waals surface area contributed by atoms with Gasteiger partial charge in [0, 0.05) is 18.8 Å². The van der Waals surface area contributed by atoms with Gasteiger partial charge in [0.05, 0.1) is 17.5 Å². The number of alkyl halides is 3. The highest BCUT2D eigenvalue weighted by atomic mass is 19.4. The molecule has 0 bridgehead atoms. The Balaban J connectivity index is 1.76. The number of carbonyl (C=O) groups excluding carboxylic acids is 1. The van der Waals surface area contributed by atoms with Crippen LogP contribution in [0.15, 0.2) is 42.7 Å². The van der Waals surface area contributed by atoms with Crippen LogP contribution in [-0.2, 0) is 24.6 Å². The van der Waals surface area contributed by atoms with Crippen molar-refractivity contribution in [3.8, 4) is 11.3 Å². The van der Waals surface area contributed by atoms with E-state index in [4.69, 9.17) is 0 Å². The van der Waals surface area contributed by atoms with E-state index in [0.717, 1.165) is 6.07 Å². The zero-order chi connectivity index (χ0) is 18.0. The van der Waals surface area contributed by atoms with Gasteiger partial charge in [-0.1, -0.05) is 18.2 Å². The molecular weight excluding hydrogens is 337 g/mol. The Labute approximate surface area is 140 Å². The predicted molar refractivity (Wildman–Crippen MR) is 82.3 cm³/mol. The van der Waals surface area contributed by atoms with Crippen LogP contribution in [0.25, 0.3) is 11.3 Å². The Hall–Kier alpha value is -3.17. The number of halogens is 3. The summed E-state index contributed by atoms with van der Waals surface area (Å²) >= 11 is 0. The third-order valence-electron chi connectivity index (χ3n) is 3.32. The first-order valence-corrected chi connectivity index (χ1v) is 7.19. The largest absolute Gasteiger partial charge is 0.417 e. The van der Waals surface area contributed by atoms with E-state index >= 15 is 0 Å². The number of hydrogen-bond acceptors (Lipinski definition) is 4. The SMILES string of the molecule is Cn1ncc(NC(=O)Cn2ccc(-c3ccccc3C(F)(F)F)n2)n1. The summed E-state index contributed by atoms with van der Waals surface area (Å²) in [7, 11) is 1.60. The minimum atomic E-state index is -4.48. The second kappa shape index (κ2) is 6.38. The van der Waals surface area contributed by atoms with Gasteiger partial charge >= 0.3 is 6.18 Å². The highest BCUT2D eigenvalue weighted by Gasteiger charge is 2.33. The normalized spacial score (nSPS) is 11.5. The standard InChI is InChI=1S/C15H13F3N6O/c1-23-19-8-13(22-23)20-14(25)9-24-7-6-12(21-24)10-4-2-3-5-11(10)15(16,17)18/h2-8H,9H2,1H3,(H,20,22,25). The molecule has 0 aliphatic carbocycles. The number of benzene rings is 1. The molecule has 1 amide bonds. The number of nitrogens with zero attached hydrogens (tertiary/aromatic N) is 5. The fourth-order valence-corrected chi connectivity index (χ4v) is 2.28. The van der Waals surface area contributed by atoms with Gasteiger partial charge in [-0.05, 0) is 12.1 Å². The van der Waals surface area contributed by atoms with Crippen molar-refractivity contribution in [1.29, 1.82) is 0 Å². The predicted octanol–water partition coefficient (Wildman–Crippen LogP) is 2.34. The van der Waals surface area contributed by atoms with E-state index in [0.29, 0.717) is 0 Å². The molecular formula is C15H13F3N6O. The van der Waals surface area contributed by atoms with Gasteiger partial charge in [0.25, 0.3) is 0 Å². The lowest BCUT2D eigenvalue weighted by Gasteiger charge is -2.10. The smallest absolute Gasteiger partial charge is 0.306 e. The zero-order valence-corrected chi connectivity index (χ0v) is 13.0. The molecule has 25 heavy (non-hydrogen) atoms. The third kappa shape index (κ3) is 3.84. The third-order valence-corrected chi connectivity index (χ3v) is 3.32. The molecule has 0 atom stereocenters. The molecule has 1 aromatic carbocycles. The average molecular weight is 350 g/mol. The summed E-state index contributed by atoms with van der Waals surface area (Å²) in [4.78, 5) is 13.2. The monoisotopic (exact) mass is 350 g/mol. The van der Waals surface area contributed by atoms with Crippen molar-refractivity contribution in [2.24, 2.45) is 7.05 Å². The lowest BCUT2D eigenvalue weighted by atomic mass is 10.0. The van der Waals surface area contributed by atoms with Crippen LogP contribution in [0.2, 0.25) is 0 Å². The molecule has 0 radical (unpaired) electrons. The Morgan fingerprint density at radius 2 is 1.96 bits per heavy atom. The van der Waals surface area contributed by atoms with Gasteiger partial charge < -0.3 is 5.32 Å². The van der Waals surface area contributed by atoms with Crippen molar-refractivity contribution < 1.29 is 18.0 Å². The molecule has 0 unspecified atom stereocenters. The molecule has 2 heterocycles. The van der Waals surface area contributed by atoms with Crippen LogP contribution in [0, 0.1) is 0 Å². The van der Waals surface area contributed by atoms with Gasteiger partial charge in [-0.15, -0.1) is 5.10 Å². The number of nitrogens with one attached hydrogen (secondary N) is 1. The van der Waals surface area contributed by atoms with E-state index in [1.165, 1.54) is 46.1 Å².